The third kappa shape index (κ3) is 3.67. The second-order valence-corrected chi connectivity index (χ2v) is 5.32. The van der Waals surface area contributed by atoms with E-state index in [0.29, 0.717) is 0 Å². The lowest BCUT2D eigenvalue weighted by molar-refractivity contribution is -0.161. The molecule has 1 fully saturated rings. The SMILES string of the molecule is [2H]C[C@H]1O[C@@H](n2cc(C(=O)OCC(F)(F)F)c(=O)[nH]c2=O)[C@@H](C)C1O. The fraction of sp³-hybridized carbons (Fsp3) is 0.615. The number of aliphatic hydroxyl groups is 1. The Balaban J connectivity index is 2.34. The summed E-state index contributed by atoms with van der Waals surface area (Å²) in [4.78, 5) is 37.1. The number of aromatic nitrogens is 2. The molecule has 0 radical (unpaired) electrons. The first-order valence-electron chi connectivity index (χ1n) is 7.48. The molecule has 134 valence electrons. The zero-order valence-corrected chi connectivity index (χ0v) is 12.4. The van der Waals surface area contributed by atoms with E-state index in [0.717, 1.165) is 10.8 Å². The Morgan fingerprint density at radius 3 is 2.75 bits per heavy atom. The molecule has 1 unspecified atom stereocenters. The number of nitrogens with zero attached hydrogens (tertiary/aromatic N) is 1. The van der Waals surface area contributed by atoms with Crippen LogP contribution in [0.2, 0.25) is 0 Å². The number of aromatic amines is 1. The van der Waals surface area contributed by atoms with E-state index in [1.54, 1.807) is 4.98 Å². The normalized spacial score (nSPS) is 27.8. The summed E-state index contributed by atoms with van der Waals surface area (Å²) in [6.07, 6.45) is -7.11. The average Bonchev–Trinajstić information content (AvgIpc) is 2.80. The third-order valence-electron chi connectivity index (χ3n) is 3.51. The second-order valence-electron chi connectivity index (χ2n) is 5.32. The van der Waals surface area contributed by atoms with E-state index in [1.165, 1.54) is 6.92 Å². The highest BCUT2D eigenvalue weighted by molar-refractivity contribution is 5.88. The number of alkyl halides is 3. The summed E-state index contributed by atoms with van der Waals surface area (Å²) < 4.78 is 53.8. The number of hydrogen-bond acceptors (Lipinski definition) is 6. The van der Waals surface area contributed by atoms with Crippen molar-refractivity contribution in [3.8, 4) is 0 Å². The minimum Gasteiger partial charge on any atom is -0.452 e. The lowest BCUT2D eigenvalue weighted by atomic mass is 10.0. The summed E-state index contributed by atoms with van der Waals surface area (Å²) in [7, 11) is 0. The number of carbonyl (C=O) groups excluding carboxylic acids is 1. The van der Waals surface area contributed by atoms with Gasteiger partial charge in [0.2, 0.25) is 0 Å². The van der Waals surface area contributed by atoms with Gasteiger partial charge in [-0.05, 0) is 6.90 Å². The van der Waals surface area contributed by atoms with Gasteiger partial charge in [-0.2, -0.15) is 13.2 Å². The predicted molar refractivity (Wildman–Crippen MR) is 72.4 cm³/mol. The van der Waals surface area contributed by atoms with Crippen molar-refractivity contribution in [3.05, 3.63) is 32.6 Å². The van der Waals surface area contributed by atoms with Crippen molar-refractivity contribution in [3.63, 3.8) is 0 Å². The van der Waals surface area contributed by atoms with E-state index in [-0.39, 0.29) is 6.90 Å². The van der Waals surface area contributed by atoms with Crippen LogP contribution in [0, 0.1) is 5.92 Å². The van der Waals surface area contributed by atoms with Gasteiger partial charge in [-0.15, -0.1) is 0 Å². The van der Waals surface area contributed by atoms with E-state index < -0.39 is 59.9 Å². The Morgan fingerprint density at radius 1 is 1.54 bits per heavy atom. The summed E-state index contributed by atoms with van der Waals surface area (Å²) in [5, 5.41) is 9.94. The van der Waals surface area contributed by atoms with Gasteiger partial charge in [-0.3, -0.25) is 14.3 Å². The predicted octanol–water partition coefficient (Wildman–Crippen LogP) is 0.170. The highest BCUT2D eigenvalue weighted by Gasteiger charge is 2.40. The maximum absolute atomic E-state index is 12.1. The van der Waals surface area contributed by atoms with E-state index in [4.69, 9.17) is 6.11 Å². The van der Waals surface area contributed by atoms with Crippen molar-refractivity contribution in [2.45, 2.75) is 38.4 Å². The second kappa shape index (κ2) is 6.40. The van der Waals surface area contributed by atoms with Gasteiger partial charge in [-0.25, -0.2) is 9.59 Å². The molecule has 0 aromatic carbocycles. The largest absolute Gasteiger partial charge is 0.452 e. The van der Waals surface area contributed by atoms with Crippen LogP contribution >= 0.6 is 0 Å². The first-order chi connectivity index (χ1) is 11.5. The molecule has 2 rings (SSSR count). The van der Waals surface area contributed by atoms with E-state index in [1.807, 2.05) is 0 Å². The molecule has 0 aliphatic carbocycles. The van der Waals surface area contributed by atoms with Crippen molar-refractivity contribution in [2.24, 2.45) is 5.92 Å². The first kappa shape index (κ1) is 16.7. The fourth-order valence-corrected chi connectivity index (χ4v) is 2.25. The number of ether oxygens (including phenoxy) is 2. The molecule has 2 heterocycles. The van der Waals surface area contributed by atoms with Crippen molar-refractivity contribution in [2.75, 3.05) is 6.61 Å². The highest BCUT2D eigenvalue weighted by atomic mass is 19.4. The average molecular weight is 353 g/mol. The Morgan fingerprint density at radius 2 is 2.21 bits per heavy atom. The molecule has 0 amide bonds. The number of rotatable bonds is 3. The number of nitrogens with one attached hydrogen (secondary N) is 1. The molecule has 11 heteroatoms. The number of H-pyrrole nitrogens is 1. The van der Waals surface area contributed by atoms with Crippen LogP contribution in [-0.4, -0.2) is 45.6 Å². The van der Waals surface area contributed by atoms with Crippen LogP contribution in [0.1, 0.15) is 31.8 Å². The Hall–Kier alpha value is -2.14. The van der Waals surface area contributed by atoms with Crippen molar-refractivity contribution in [1.82, 2.24) is 9.55 Å². The van der Waals surface area contributed by atoms with Crippen LogP contribution in [0.3, 0.4) is 0 Å². The zero-order chi connectivity index (χ0) is 18.9. The Bertz CT molecular complexity index is 761. The van der Waals surface area contributed by atoms with Gasteiger partial charge in [0.25, 0.3) is 5.56 Å². The number of halogens is 3. The summed E-state index contributed by atoms with van der Waals surface area (Å²) >= 11 is 0. The molecule has 0 spiro atoms. The molecule has 1 aliphatic rings. The Kier molecular flexibility index (Phi) is 4.45. The third-order valence-corrected chi connectivity index (χ3v) is 3.51. The molecule has 8 nitrogen and oxygen atoms in total. The topological polar surface area (TPSA) is 111 Å². The smallest absolute Gasteiger partial charge is 0.422 e. The molecular formula is C13H15F3N2O6. The van der Waals surface area contributed by atoms with Gasteiger partial charge in [0.1, 0.15) is 11.8 Å². The molecule has 24 heavy (non-hydrogen) atoms. The van der Waals surface area contributed by atoms with Crippen LogP contribution in [-0.2, 0) is 9.47 Å². The molecule has 0 saturated carbocycles. The van der Waals surface area contributed by atoms with E-state index in [9.17, 15) is 32.7 Å². The molecule has 1 aromatic heterocycles. The maximum atomic E-state index is 12.1. The van der Waals surface area contributed by atoms with Gasteiger partial charge in [0.15, 0.2) is 6.61 Å². The lowest BCUT2D eigenvalue weighted by Crippen LogP contribution is -2.37. The van der Waals surface area contributed by atoms with E-state index in [2.05, 4.69) is 4.74 Å². The minimum atomic E-state index is -4.77. The molecular weight excluding hydrogens is 337 g/mol. The minimum absolute atomic E-state index is 0.291. The van der Waals surface area contributed by atoms with Crippen LogP contribution < -0.4 is 11.2 Å². The van der Waals surface area contributed by atoms with Crippen LogP contribution in [0.4, 0.5) is 13.2 Å². The molecule has 4 atom stereocenters. The van der Waals surface area contributed by atoms with E-state index >= 15 is 0 Å². The van der Waals surface area contributed by atoms with Crippen LogP contribution in [0.25, 0.3) is 0 Å². The van der Waals surface area contributed by atoms with Gasteiger partial charge in [0, 0.05) is 13.5 Å². The molecule has 1 aromatic rings. The van der Waals surface area contributed by atoms with Crippen LogP contribution in [0.5, 0.6) is 0 Å². The van der Waals surface area contributed by atoms with Crippen molar-refractivity contribution >= 4 is 5.97 Å². The van der Waals surface area contributed by atoms with Gasteiger partial charge < -0.3 is 14.6 Å². The number of carbonyl (C=O) groups is 1. The summed E-state index contributed by atoms with van der Waals surface area (Å²) in [6.45, 7) is -0.662. The molecule has 1 saturated heterocycles. The maximum Gasteiger partial charge on any atom is 0.422 e. The number of esters is 1. The van der Waals surface area contributed by atoms with Gasteiger partial charge in [0.05, 0.1) is 12.2 Å². The zero-order valence-electron chi connectivity index (χ0n) is 13.4. The number of aliphatic hydroxyl groups excluding tert-OH is 1. The quantitative estimate of drug-likeness (QED) is 0.750. The molecule has 2 N–H and O–H groups in total. The lowest BCUT2D eigenvalue weighted by Gasteiger charge is -2.18. The summed E-state index contributed by atoms with van der Waals surface area (Å²) in [5.74, 6) is -2.23. The number of hydrogen-bond donors (Lipinski definition) is 2. The van der Waals surface area contributed by atoms with Gasteiger partial charge >= 0.3 is 17.8 Å². The highest BCUT2D eigenvalue weighted by Crippen LogP contribution is 2.33. The monoisotopic (exact) mass is 353 g/mol. The van der Waals surface area contributed by atoms with Gasteiger partial charge in [-0.1, -0.05) is 6.92 Å². The van der Waals surface area contributed by atoms with Crippen molar-refractivity contribution in [1.29, 1.82) is 0 Å². The summed E-state index contributed by atoms with van der Waals surface area (Å²) in [6, 6.07) is 0. The summed E-state index contributed by atoms with van der Waals surface area (Å²) in [5.41, 5.74) is -3.01. The fourth-order valence-electron chi connectivity index (χ4n) is 2.25. The van der Waals surface area contributed by atoms with Crippen molar-refractivity contribution < 1.29 is 33.9 Å². The molecule has 1 aliphatic heterocycles. The Labute approximate surface area is 134 Å². The standard InChI is InChI=1S/C13H15F3N2O6/c1-5-8(19)6(2)24-10(5)18-3-7(9(20)17-12(18)22)11(21)23-4-13(14,15)16/h3,5-6,8,10,19H,4H2,1-2H3,(H,17,20,22)/t5-,6+,8?,10+/m0/s1/i2D. The molecule has 0 bridgehead atoms. The first-order valence-corrected chi connectivity index (χ1v) is 6.77. The van der Waals surface area contributed by atoms with Crippen LogP contribution in [0.15, 0.2) is 15.8 Å².